The molecule has 1 amide bonds. The lowest BCUT2D eigenvalue weighted by Crippen LogP contribution is -2.33. The van der Waals surface area contributed by atoms with Gasteiger partial charge in [0.25, 0.3) is 5.91 Å². The van der Waals surface area contributed by atoms with Gasteiger partial charge in [-0.05, 0) is 31.5 Å². The summed E-state index contributed by atoms with van der Waals surface area (Å²) in [5.74, 6) is -0.575. The van der Waals surface area contributed by atoms with E-state index in [-0.39, 0.29) is 30.1 Å². The third kappa shape index (κ3) is 4.84. The molecule has 0 saturated heterocycles. The molecule has 30 heavy (non-hydrogen) atoms. The van der Waals surface area contributed by atoms with Crippen LogP contribution in [-0.2, 0) is 9.53 Å². The second kappa shape index (κ2) is 9.22. The summed E-state index contributed by atoms with van der Waals surface area (Å²) in [5, 5.41) is 0. The highest BCUT2D eigenvalue weighted by Gasteiger charge is 2.20. The zero-order valence-electron chi connectivity index (χ0n) is 17.1. The van der Waals surface area contributed by atoms with E-state index in [4.69, 9.17) is 9.15 Å². The molecular formula is C24H23NO5. The molecule has 2 aromatic carbocycles. The van der Waals surface area contributed by atoms with Crippen LogP contribution < -0.4 is 0 Å². The Hall–Kier alpha value is -3.67. The van der Waals surface area contributed by atoms with Crippen LogP contribution >= 0.6 is 0 Å². The number of furan rings is 1. The first-order valence-electron chi connectivity index (χ1n) is 9.55. The van der Waals surface area contributed by atoms with Crippen LogP contribution in [0.1, 0.15) is 46.4 Å². The van der Waals surface area contributed by atoms with Gasteiger partial charge in [-0.25, -0.2) is 4.79 Å². The number of carbonyl (C=O) groups excluding carboxylic acids is 3. The first-order chi connectivity index (χ1) is 14.4. The van der Waals surface area contributed by atoms with Gasteiger partial charge >= 0.3 is 5.97 Å². The Balaban J connectivity index is 1.58. The van der Waals surface area contributed by atoms with Crippen LogP contribution in [0.25, 0.3) is 11.3 Å². The number of benzene rings is 2. The minimum absolute atomic E-state index is 0.00667. The molecule has 3 aromatic rings. The summed E-state index contributed by atoms with van der Waals surface area (Å²) in [6, 6.07) is 19.5. The summed E-state index contributed by atoms with van der Waals surface area (Å²) < 4.78 is 10.7. The lowest BCUT2D eigenvalue weighted by atomic mass is 10.1. The van der Waals surface area contributed by atoms with Gasteiger partial charge in [0.15, 0.2) is 12.4 Å². The number of likely N-dealkylation sites (N-methyl/N-ethyl adjacent to an activating group) is 1. The van der Waals surface area contributed by atoms with Gasteiger partial charge in [-0.15, -0.1) is 0 Å². The predicted octanol–water partition coefficient (Wildman–Crippen LogP) is 4.53. The van der Waals surface area contributed by atoms with E-state index in [0.29, 0.717) is 11.3 Å². The van der Waals surface area contributed by atoms with Crippen LogP contribution in [0.5, 0.6) is 0 Å². The van der Waals surface area contributed by atoms with E-state index in [0.717, 1.165) is 11.1 Å². The van der Waals surface area contributed by atoms with E-state index in [1.165, 1.54) is 17.9 Å². The van der Waals surface area contributed by atoms with Crippen molar-refractivity contribution < 1.29 is 23.5 Å². The minimum atomic E-state index is -0.712. The molecule has 0 unspecified atom stereocenters. The number of hydrogen-bond acceptors (Lipinski definition) is 5. The Morgan fingerprint density at radius 1 is 0.967 bits per heavy atom. The molecule has 0 spiro atoms. The highest BCUT2D eigenvalue weighted by Crippen LogP contribution is 2.23. The molecule has 0 bridgehead atoms. The Morgan fingerprint density at radius 3 is 2.27 bits per heavy atom. The van der Waals surface area contributed by atoms with Crippen LogP contribution in [0, 0.1) is 0 Å². The molecule has 0 aliphatic rings. The van der Waals surface area contributed by atoms with Crippen LogP contribution in [0.4, 0.5) is 0 Å². The number of hydrogen-bond donors (Lipinski definition) is 0. The molecule has 6 nitrogen and oxygen atoms in total. The zero-order chi connectivity index (χ0) is 21.7. The van der Waals surface area contributed by atoms with E-state index in [9.17, 15) is 14.4 Å². The number of amides is 1. The molecule has 3 rings (SSSR count). The number of Topliss-reactive ketones (excluding diaryl/α,β-unsaturated/α-hetero) is 1. The van der Waals surface area contributed by atoms with Crippen molar-refractivity contribution in [3.05, 3.63) is 83.6 Å². The number of nitrogens with zero attached hydrogens (tertiary/aromatic N) is 1. The van der Waals surface area contributed by atoms with E-state index in [1.807, 2.05) is 37.3 Å². The average molecular weight is 405 g/mol. The molecule has 1 heterocycles. The smallest absolute Gasteiger partial charge is 0.374 e. The van der Waals surface area contributed by atoms with Gasteiger partial charge in [-0.2, -0.15) is 0 Å². The maximum Gasteiger partial charge on any atom is 0.374 e. The fraction of sp³-hybridized carbons (Fsp3) is 0.208. The number of carbonyl (C=O) groups is 3. The van der Waals surface area contributed by atoms with Crippen LogP contribution in [0.15, 0.2) is 71.1 Å². The van der Waals surface area contributed by atoms with Crippen molar-refractivity contribution >= 4 is 17.7 Å². The largest absolute Gasteiger partial charge is 0.450 e. The Morgan fingerprint density at radius 2 is 1.63 bits per heavy atom. The molecule has 6 heteroatoms. The first-order valence-corrected chi connectivity index (χ1v) is 9.55. The summed E-state index contributed by atoms with van der Waals surface area (Å²) in [7, 11) is 1.67. The quantitative estimate of drug-likeness (QED) is 0.426. The highest BCUT2D eigenvalue weighted by molar-refractivity contribution is 5.94. The molecule has 0 aliphatic carbocycles. The van der Waals surface area contributed by atoms with Gasteiger partial charge in [0.2, 0.25) is 5.76 Å². The SMILES string of the molecule is CC(=O)c1ccc(-c2ccc(C(=O)OCC(=O)N(C)[C@H](C)c3ccccc3)o2)cc1. The van der Waals surface area contributed by atoms with Gasteiger partial charge in [-0.1, -0.05) is 54.6 Å². The van der Waals surface area contributed by atoms with Gasteiger partial charge in [-0.3, -0.25) is 9.59 Å². The summed E-state index contributed by atoms with van der Waals surface area (Å²) >= 11 is 0. The maximum atomic E-state index is 12.4. The minimum Gasteiger partial charge on any atom is -0.450 e. The fourth-order valence-electron chi connectivity index (χ4n) is 2.94. The van der Waals surface area contributed by atoms with Crippen LogP contribution in [-0.4, -0.2) is 36.2 Å². The fourth-order valence-corrected chi connectivity index (χ4v) is 2.94. The standard InChI is InChI=1S/C24H23NO5/c1-16(18-7-5-4-6-8-18)25(3)23(27)15-29-24(28)22-14-13-21(30-22)20-11-9-19(10-12-20)17(2)26/h4-14,16H,15H2,1-3H3/t16-/m1/s1. The number of ether oxygens (including phenoxy) is 1. The van der Waals surface area contributed by atoms with E-state index in [2.05, 4.69) is 0 Å². The molecule has 0 N–H and O–H groups in total. The monoisotopic (exact) mass is 405 g/mol. The molecule has 0 radical (unpaired) electrons. The molecule has 1 atom stereocenters. The van der Waals surface area contributed by atoms with Crippen LogP contribution in [0.2, 0.25) is 0 Å². The summed E-state index contributed by atoms with van der Waals surface area (Å²) in [6.45, 7) is 3.02. The normalized spacial score (nSPS) is 11.6. The number of esters is 1. The zero-order valence-corrected chi connectivity index (χ0v) is 17.1. The van der Waals surface area contributed by atoms with Crippen molar-refractivity contribution in [1.29, 1.82) is 0 Å². The third-order valence-corrected chi connectivity index (χ3v) is 4.97. The summed E-state index contributed by atoms with van der Waals surface area (Å²) in [4.78, 5) is 37.6. The summed E-state index contributed by atoms with van der Waals surface area (Å²) in [6.07, 6.45) is 0. The van der Waals surface area contributed by atoms with Crippen molar-refractivity contribution in [2.45, 2.75) is 19.9 Å². The Labute approximate surface area is 175 Å². The van der Waals surface area contributed by atoms with Crippen molar-refractivity contribution in [1.82, 2.24) is 4.90 Å². The maximum absolute atomic E-state index is 12.4. The highest BCUT2D eigenvalue weighted by atomic mass is 16.5. The Kier molecular flexibility index (Phi) is 6.47. The molecule has 1 aromatic heterocycles. The van der Waals surface area contributed by atoms with E-state index in [1.54, 1.807) is 37.4 Å². The topological polar surface area (TPSA) is 76.8 Å². The molecule has 0 fully saturated rings. The number of rotatable bonds is 7. The molecular weight excluding hydrogens is 382 g/mol. The summed E-state index contributed by atoms with van der Waals surface area (Å²) in [5.41, 5.74) is 2.31. The lowest BCUT2D eigenvalue weighted by Gasteiger charge is -2.25. The second-order valence-electron chi connectivity index (χ2n) is 6.96. The van der Waals surface area contributed by atoms with E-state index < -0.39 is 5.97 Å². The first kappa shape index (κ1) is 21.0. The van der Waals surface area contributed by atoms with Crippen molar-refractivity contribution in [2.24, 2.45) is 0 Å². The van der Waals surface area contributed by atoms with Gasteiger partial charge in [0, 0.05) is 18.2 Å². The second-order valence-corrected chi connectivity index (χ2v) is 6.96. The van der Waals surface area contributed by atoms with Gasteiger partial charge in [0.05, 0.1) is 6.04 Å². The third-order valence-electron chi connectivity index (χ3n) is 4.97. The molecule has 0 saturated carbocycles. The van der Waals surface area contributed by atoms with Gasteiger partial charge < -0.3 is 14.1 Å². The van der Waals surface area contributed by atoms with Crippen molar-refractivity contribution in [2.75, 3.05) is 13.7 Å². The van der Waals surface area contributed by atoms with Gasteiger partial charge in [0.1, 0.15) is 5.76 Å². The van der Waals surface area contributed by atoms with Crippen LogP contribution in [0.3, 0.4) is 0 Å². The molecule has 154 valence electrons. The lowest BCUT2D eigenvalue weighted by molar-refractivity contribution is -0.135. The number of ketones is 1. The predicted molar refractivity (Wildman–Crippen MR) is 112 cm³/mol. The Bertz CT molecular complexity index is 1040. The molecule has 0 aliphatic heterocycles. The van der Waals surface area contributed by atoms with Crippen molar-refractivity contribution in [3.63, 3.8) is 0 Å². The average Bonchev–Trinajstić information content (AvgIpc) is 3.27. The van der Waals surface area contributed by atoms with Crippen molar-refractivity contribution in [3.8, 4) is 11.3 Å². The van der Waals surface area contributed by atoms with E-state index >= 15 is 0 Å².